The summed E-state index contributed by atoms with van der Waals surface area (Å²) in [5.41, 5.74) is 0.334. The highest BCUT2D eigenvalue weighted by atomic mass is 79.9. The third kappa shape index (κ3) is 3.64. The maximum atomic E-state index is 14.0. The second-order valence-corrected chi connectivity index (χ2v) is 7.25. The smallest absolute Gasteiger partial charge is 0.261 e. The molecule has 3 rings (SSSR count). The first kappa shape index (κ1) is 18.5. The molecule has 1 fully saturated rings. The summed E-state index contributed by atoms with van der Waals surface area (Å²) in [7, 11) is 0. The van der Waals surface area contributed by atoms with Gasteiger partial charge >= 0.3 is 0 Å². The van der Waals surface area contributed by atoms with E-state index in [2.05, 4.69) is 33.1 Å². The molecule has 1 aliphatic rings. The highest BCUT2D eigenvalue weighted by molar-refractivity contribution is 9.10. The van der Waals surface area contributed by atoms with Crippen LogP contribution in [-0.2, 0) is 6.54 Å². The van der Waals surface area contributed by atoms with Gasteiger partial charge in [0.1, 0.15) is 11.6 Å². The van der Waals surface area contributed by atoms with Crippen LogP contribution in [0.15, 0.2) is 21.4 Å². The molecule has 1 unspecified atom stereocenters. The number of hydrogen-bond donors (Lipinski definition) is 1. The van der Waals surface area contributed by atoms with E-state index in [9.17, 15) is 9.18 Å². The average Bonchev–Trinajstić information content (AvgIpc) is 2.62. The summed E-state index contributed by atoms with van der Waals surface area (Å²) in [4.78, 5) is 20.1. The summed E-state index contributed by atoms with van der Waals surface area (Å²) in [6, 6.07) is 2.97. The number of fused-ring (bicyclic) bond motifs is 1. The second-order valence-electron chi connectivity index (χ2n) is 6.39. The minimum Gasteiger partial charge on any atom is -0.314 e. The summed E-state index contributed by atoms with van der Waals surface area (Å²) in [5, 5.41) is 3.81. The van der Waals surface area contributed by atoms with E-state index in [1.54, 1.807) is 4.57 Å². The SMILES string of the molecule is CCCC(c1nc2cc(F)c(Br)cc2c(=O)n1CC)N1CCNCC1. The van der Waals surface area contributed by atoms with Gasteiger partial charge in [0.15, 0.2) is 0 Å². The first-order valence-corrected chi connectivity index (χ1v) is 9.70. The Kier molecular flexibility index (Phi) is 5.86. The fourth-order valence-electron chi connectivity index (χ4n) is 3.54. The number of rotatable bonds is 5. The Labute approximate surface area is 155 Å². The monoisotopic (exact) mass is 410 g/mol. The van der Waals surface area contributed by atoms with Crippen molar-refractivity contribution in [3.63, 3.8) is 0 Å². The van der Waals surface area contributed by atoms with E-state index in [1.807, 2.05) is 6.92 Å². The van der Waals surface area contributed by atoms with E-state index in [1.165, 1.54) is 12.1 Å². The largest absolute Gasteiger partial charge is 0.314 e. The van der Waals surface area contributed by atoms with E-state index in [0.717, 1.165) is 44.8 Å². The Bertz CT molecular complexity index is 817. The molecule has 1 aromatic carbocycles. The Morgan fingerprint density at radius 2 is 2.04 bits per heavy atom. The first-order valence-electron chi connectivity index (χ1n) is 8.91. The molecule has 0 spiro atoms. The van der Waals surface area contributed by atoms with Gasteiger partial charge in [0.2, 0.25) is 0 Å². The normalized spacial score (nSPS) is 17.1. The lowest BCUT2D eigenvalue weighted by atomic mass is 10.1. The molecule has 0 radical (unpaired) electrons. The Morgan fingerprint density at radius 3 is 2.68 bits per heavy atom. The molecule has 136 valence electrons. The summed E-state index contributed by atoms with van der Waals surface area (Å²) in [6.07, 6.45) is 1.93. The van der Waals surface area contributed by atoms with Gasteiger partial charge in [-0.1, -0.05) is 13.3 Å². The molecule has 5 nitrogen and oxygen atoms in total. The lowest BCUT2D eigenvalue weighted by Crippen LogP contribution is -2.46. The van der Waals surface area contributed by atoms with Gasteiger partial charge in [-0.2, -0.15) is 0 Å². The van der Waals surface area contributed by atoms with Gasteiger partial charge in [0.25, 0.3) is 5.56 Å². The molecular formula is C18H24BrFN4O. The van der Waals surface area contributed by atoms with Crippen LogP contribution in [0.3, 0.4) is 0 Å². The van der Waals surface area contributed by atoms with Crippen LogP contribution in [-0.4, -0.2) is 40.6 Å². The standard InChI is InChI=1S/C18H24BrFN4O/c1-3-5-16(23-8-6-21-7-9-23)17-22-15-11-14(20)13(19)10-12(15)18(25)24(17)4-2/h10-11,16,21H,3-9H2,1-2H3. The molecule has 2 aromatic rings. The third-order valence-electron chi connectivity index (χ3n) is 4.79. The molecule has 0 amide bonds. The number of halogens is 2. The fraction of sp³-hybridized carbons (Fsp3) is 0.556. The molecule has 1 saturated heterocycles. The molecule has 0 saturated carbocycles. The van der Waals surface area contributed by atoms with Crippen LogP contribution in [0.2, 0.25) is 0 Å². The van der Waals surface area contributed by atoms with Crippen LogP contribution in [0, 0.1) is 5.82 Å². The molecule has 0 aliphatic carbocycles. The summed E-state index contributed by atoms with van der Waals surface area (Å²) >= 11 is 3.17. The molecule has 1 N–H and O–H groups in total. The van der Waals surface area contributed by atoms with Crippen LogP contribution in [0.1, 0.15) is 38.6 Å². The lowest BCUT2D eigenvalue weighted by molar-refractivity contribution is 0.154. The molecular weight excluding hydrogens is 387 g/mol. The van der Waals surface area contributed by atoms with E-state index in [-0.39, 0.29) is 11.6 Å². The van der Waals surface area contributed by atoms with Crippen molar-refractivity contribution >= 4 is 26.8 Å². The number of benzene rings is 1. The van der Waals surface area contributed by atoms with Crippen molar-refractivity contribution in [3.8, 4) is 0 Å². The van der Waals surface area contributed by atoms with E-state index in [0.29, 0.717) is 21.9 Å². The zero-order valence-corrected chi connectivity index (χ0v) is 16.3. The zero-order valence-electron chi connectivity index (χ0n) is 14.7. The lowest BCUT2D eigenvalue weighted by Gasteiger charge is -2.35. The highest BCUT2D eigenvalue weighted by Crippen LogP contribution is 2.27. The molecule has 1 aliphatic heterocycles. The van der Waals surface area contributed by atoms with Crippen molar-refractivity contribution in [2.24, 2.45) is 0 Å². The number of piperazine rings is 1. The van der Waals surface area contributed by atoms with E-state index in [4.69, 9.17) is 4.98 Å². The third-order valence-corrected chi connectivity index (χ3v) is 5.40. The van der Waals surface area contributed by atoms with Crippen molar-refractivity contribution in [1.82, 2.24) is 19.8 Å². The first-order chi connectivity index (χ1) is 12.1. The average molecular weight is 411 g/mol. The molecule has 1 atom stereocenters. The summed E-state index contributed by atoms with van der Waals surface area (Å²) in [6.45, 7) is 8.38. The maximum absolute atomic E-state index is 14.0. The van der Waals surface area contributed by atoms with Gasteiger partial charge in [0.05, 0.1) is 21.4 Å². The predicted octanol–water partition coefficient (Wildman–Crippen LogP) is 3.06. The van der Waals surface area contributed by atoms with E-state index >= 15 is 0 Å². The number of aromatic nitrogens is 2. The van der Waals surface area contributed by atoms with Gasteiger partial charge in [-0.3, -0.25) is 14.3 Å². The number of hydrogen-bond acceptors (Lipinski definition) is 4. The summed E-state index contributed by atoms with van der Waals surface area (Å²) in [5.74, 6) is 0.360. The van der Waals surface area contributed by atoms with Crippen LogP contribution in [0.4, 0.5) is 4.39 Å². The minimum absolute atomic E-state index is 0.0795. The molecule has 0 bridgehead atoms. The van der Waals surface area contributed by atoms with Gasteiger partial charge in [-0.05, 0) is 35.3 Å². The van der Waals surface area contributed by atoms with Gasteiger partial charge in [-0.15, -0.1) is 0 Å². The maximum Gasteiger partial charge on any atom is 0.261 e. The molecule has 25 heavy (non-hydrogen) atoms. The van der Waals surface area contributed by atoms with Crippen LogP contribution in [0.25, 0.3) is 10.9 Å². The van der Waals surface area contributed by atoms with Crippen molar-refractivity contribution < 1.29 is 4.39 Å². The zero-order chi connectivity index (χ0) is 18.0. The molecule has 2 heterocycles. The van der Waals surface area contributed by atoms with Crippen LogP contribution in [0.5, 0.6) is 0 Å². The molecule has 7 heteroatoms. The summed E-state index contributed by atoms with van der Waals surface area (Å²) < 4.78 is 16.0. The highest BCUT2D eigenvalue weighted by Gasteiger charge is 2.26. The topological polar surface area (TPSA) is 50.2 Å². The van der Waals surface area contributed by atoms with Crippen LogP contribution < -0.4 is 10.9 Å². The van der Waals surface area contributed by atoms with Gasteiger partial charge in [-0.25, -0.2) is 9.37 Å². The predicted molar refractivity (Wildman–Crippen MR) is 101 cm³/mol. The number of nitrogens with one attached hydrogen (secondary N) is 1. The van der Waals surface area contributed by atoms with E-state index < -0.39 is 5.82 Å². The molecule has 1 aromatic heterocycles. The fourth-order valence-corrected chi connectivity index (χ4v) is 3.88. The van der Waals surface area contributed by atoms with Crippen molar-refractivity contribution in [2.45, 2.75) is 39.3 Å². The van der Waals surface area contributed by atoms with Crippen LogP contribution >= 0.6 is 15.9 Å². The Balaban J connectivity index is 2.18. The second kappa shape index (κ2) is 7.93. The Hall–Kier alpha value is -1.31. The minimum atomic E-state index is -0.395. The number of nitrogens with zero attached hydrogens (tertiary/aromatic N) is 3. The van der Waals surface area contributed by atoms with Crippen molar-refractivity contribution in [3.05, 3.63) is 38.6 Å². The van der Waals surface area contributed by atoms with Gasteiger partial charge in [0, 0.05) is 38.8 Å². The van der Waals surface area contributed by atoms with Crippen molar-refractivity contribution in [1.29, 1.82) is 0 Å². The Morgan fingerprint density at radius 1 is 1.32 bits per heavy atom. The van der Waals surface area contributed by atoms with Gasteiger partial charge < -0.3 is 5.32 Å². The van der Waals surface area contributed by atoms with Crippen molar-refractivity contribution in [2.75, 3.05) is 26.2 Å². The quantitative estimate of drug-likeness (QED) is 0.822.